The maximum atomic E-state index is 6.38. The summed E-state index contributed by atoms with van der Waals surface area (Å²) in [5, 5.41) is 11.5. The zero-order valence-electron chi connectivity index (χ0n) is 14.9. The molecular formula is C21H15ClN4OS. The van der Waals surface area contributed by atoms with E-state index in [4.69, 9.17) is 16.0 Å². The van der Waals surface area contributed by atoms with E-state index in [9.17, 15) is 0 Å². The number of hydrogen-bond donors (Lipinski definition) is 1. The van der Waals surface area contributed by atoms with Crippen molar-refractivity contribution in [1.82, 2.24) is 20.2 Å². The van der Waals surface area contributed by atoms with Crippen molar-refractivity contribution in [2.75, 3.05) is 0 Å². The highest BCUT2D eigenvalue weighted by Crippen LogP contribution is 2.32. The molecule has 0 radical (unpaired) electrons. The number of thioether (sulfide) groups is 1. The molecule has 1 N–H and O–H groups in total. The molecule has 28 heavy (non-hydrogen) atoms. The molecular weight excluding hydrogens is 392 g/mol. The lowest BCUT2D eigenvalue weighted by atomic mass is 10.1. The standard InChI is InChI=1S/C21H15ClN4OS/c1-12-6-7-13-9-14(19(22)24-18(13)8-12)11-28-21-26-25-20(27-21)16-10-23-17-5-3-2-4-15(16)17/h2-10,23H,11H2,1H3. The lowest BCUT2D eigenvalue weighted by Gasteiger charge is -2.05. The van der Waals surface area contributed by atoms with Crippen LogP contribution in [0.15, 0.2) is 64.4 Å². The van der Waals surface area contributed by atoms with Crippen LogP contribution in [0.5, 0.6) is 0 Å². The number of nitrogens with zero attached hydrogens (tertiary/aromatic N) is 3. The summed E-state index contributed by atoms with van der Waals surface area (Å²) in [6.07, 6.45) is 1.89. The Morgan fingerprint density at radius 2 is 2.00 bits per heavy atom. The fourth-order valence-corrected chi connectivity index (χ4v) is 4.19. The Morgan fingerprint density at radius 1 is 1.11 bits per heavy atom. The van der Waals surface area contributed by atoms with Crippen molar-refractivity contribution in [1.29, 1.82) is 0 Å². The maximum absolute atomic E-state index is 6.38. The number of aromatic amines is 1. The summed E-state index contributed by atoms with van der Waals surface area (Å²) >= 11 is 7.83. The number of aromatic nitrogens is 4. The Kier molecular flexibility index (Phi) is 4.30. The minimum absolute atomic E-state index is 0.498. The van der Waals surface area contributed by atoms with Crippen LogP contribution in [0.25, 0.3) is 33.3 Å². The number of rotatable bonds is 4. The highest BCUT2D eigenvalue weighted by Gasteiger charge is 2.14. The summed E-state index contributed by atoms with van der Waals surface area (Å²) in [4.78, 5) is 7.73. The van der Waals surface area contributed by atoms with Crippen molar-refractivity contribution in [3.8, 4) is 11.5 Å². The van der Waals surface area contributed by atoms with Crippen LogP contribution in [0.4, 0.5) is 0 Å². The fourth-order valence-electron chi connectivity index (χ4n) is 3.16. The number of H-pyrrole nitrogens is 1. The molecule has 0 aliphatic rings. The van der Waals surface area contributed by atoms with Gasteiger partial charge in [-0.25, -0.2) is 4.98 Å². The molecule has 3 aromatic heterocycles. The molecule has 0 spiro atoms. The van der Waals surface area contributed by atoms with Crippen LogP contribution in [0.1, 0.15) is 11.1 Å². The van der Waals surface area contributed by atoms with Gasteiger partial charge in [-0.3, -0.25) is 0 Å². The van der Waals surface area contributed by atoms with Gasteiger partial charge in [0.05, 0.1) is 11.1 Å². The predicted molar refractivity (Wildman–Crippen MR) is 113 cm³/mol. The average Bonchev–Trinajstić information content (AvgIpc) is 3.33. The van der Waals surface area contributed by atoms with E-state index < -0.39 is 0 Å². The number of halogens is 1. The van der Waals surface area contributed by atoms with Gasteiger partial charge in [0.25, 0.3) is 11.1 Å². The van der Waals surface area contributed by atoms with Crippen LogP contribution < -0.4 is 0 Å². The molecule has 7 heteroatoms. The molecule has 138 valence electrons. The molecule has 0 bridgehead atoms. The van der Waals surface area contributed by atoms with Gasteiger partial charge in [0.2, 0.25) is 0 Å². The van der Waals surface area contributed by atoms with Gasteiger partial charge in [-0.2, -0.15) is 0 Å². The second-order valence-electron chi connectivity index (χ2n) is 6.54. The summed E-state index contributed by atoms with van der Waals surface area (Å²) in [7, 11) is 0. The van der Waals surface area contributed by atoms with Gasteiger partial charge in [0.15, 0.2) is 0 Å². The first-order valence-electron chi connectivity index (χ1n) is 8.76. The van der Waals surface area contributed by atoms with E-state index in [1.165, 1.54) is 11.8 Å². The molecule has 0 atom stereocenters. The monoisotopic (exact) mass is 406 g/mol. The highest BCUT2D eigenvalue weighted by molar-refractivity contribution is 7.98. The number of benzene rings is 2. The van der Waals surface area contributed by atoms with Crippen molar-refractivity contribution >= 4 is 45.2 Å². The zero-order valence-corrected chi connectivity index (χ0v) is 16.5. The molecule has 0 amide bonds. The number of hydrogen-bond acceptors (Lipinski definition) is 5. The van der Waals surface area contributed by atoms with Crippen LogP contribution in [-0.2, 0) is 5.75 Å². The minimum atomic E-state index is 0.498. The van der Waals surface area contributed by atoms with Crippen molar-refractivity contribution < 1.29 is 4.42 Å². The molecule has 5 nitrogen and oxygen atoms in total. The topological polar surface area (TPSA) is 67.6 Å². The molecule has 3 heterocycles. The van der Waals surface area contributed by atoms with E-state index >= 15 is 0 Å². The molecule has 5 rings (SSSR count). The zero-order chi connectivity index (χ0) is 19.1. The van der Waals surface area contributed by atoms with Gasteiger partial charge >= 0.3 is 0 Å². The van der Waals surface area contributed by atoms with Crippen molar-refractivity contribution in [2.45, 2.75) is 17.9 Å². The Labute approximate surface area is 170 Å². The van der Waals surface area contributed by atoms with Crippen molar-refractivity contribution in [2.24, 2.45) is 0 Å². The Bertz CT molecular complexity index is 1310. The van der Waals surface area contributed by atoms with Gasteiger partial charge in [-0.05, 0) is 30.7 Å². The van der Waals surface area contributed by atoms with Crippen LogP contribution in [0.3, 0.4) is 0 Å². The third-order valence-electron chi connectivity index (χ3n) is 4.58. The molecule has 2 aromatic carbocycles. The lowest BCUT2D eigenvalue weighted by molar-refractivity contribution is 0.466. The first kappa shape index (κ1) is 17.3. The molecule has 0 aliphatic carbocycles. The van der Waals surface area contributed by atoms with E-state index in [2.05, 4.69) is 38.4 Å². The third-order valence-corrected chi connectivity index (χ3v) is 5.77. The van der Waals surface area contributed by atoms with E-state index in [1.54, 1.807) is 0 Å². The van der Waals surface area contributed by atoms with Crippen LogP contribution in [0.2, 0.25) is 5.15 Å². The van der Waals surface area contributed by atoms with E-state index in [1.807, 2.05) is 43.5 Å². The van der Waals surface area contributed by atoms with Crippen LogP contribution in [0, 0.1) is 6.92 Å². The van der Waals surface area contributed by atoms with Gasteiger partial charge in [-0.15, -0.1) is 10.2 Å². The number of aryl methyl sites for hydroxylation is 1. The number of para-hydroxylation sites is 1. The smallest absolute Gasteiger partial charge is 0.277 e. The molecule has 0 saturated carbocycles. The van der Waals surface area contributed by atoms with Crippen LogP contribution >= 0.6 is 23.4 Å². The molecule has 0 aliphatic heterocycles. The quantitative estimate of drug-likeness (QED) is 0.292. The van der Waals surface area contributed by atoms with Crippen molar-refractivity contribution in [3.63, 3.8) is 0 Å². The Morgan fingerprint density at radius 3 is 2.93 bits per heavy atom. The normalized spacial score (nSPS) is 11.5. The van der Waals surface area contributed by atoms with Gasteiger partial charge in [-0.1, -0.05) is 53.7 Å². The second kappa shape index (κ2) is 6.96. The molecule has 0 fully saturated rings. The highest BCUT2D eigenvalue weighted by atomic mass is 35.5. The minimum Gasteiger partial charge on any atom is -0.411 e. The summed E-state index contributed by atoms with van der Waals surface area (Å²) < 4.78 is 5.86. The summed E-state index contributed by atoms with van der Waals surface area (Å²) in [5.74, 6) is 1.10. The van der Waals surface area contributed by atoms with Gasteiger partial charge < -0.3 is 9.40 Å². The summed E-state index contributed by atoms with van der Waals surface area (Å²) in [6, 6.07) is 16.2. The Balaban J connectivity index is 1.39. The first-order chi connectivity index (χ1) is 13.7. The summed E-state index contributed by atoms with van der Waals surface area (Å²) in [6.45, 7) is 2.04. The fraction of sp³-hybridized carbons (Fsp3) is 0.0952. The van der Waals surface area contributed by atoms with Crippen molar-refractivity contribution in [3.05, 3.63) is 71.0 Å². The SMILES string of the molecule is Cc1ccc2cc(CSc3nnc(-c4c[nH]c5ccccc45)o3)c(Cl)nc2c1. The number of fused-ring (bicyclic) bond motifs is 2. The molecule has 5 aromatic rings. The van der Waals surface area contributed by atoms with E-state index in [-0.39, 0.29) is 0 Å². The van der Waals surface area contributed by atoms with Gasteiger partial charge in [0, 0.05) is 33.8 Å². The maximum Gasteiger partial charge on any atom is 0.277 e. The van der Waals surface area contributed by atoms with Gasteiger partial charge in [0.1, 0.15) is 5.15 Å². The largest absolute Gasteiger partial charge is 0.411 e. The second-order valence-corrected chi connectivity index (χ2v) is 7.83. The molecule has 0 unspecified atom stereocenters. The predicted octanol–water partition coefficient (Wildman–Crippen LogP) is 6.02. The lowest BCUT2D eigenvalue weighted by Crippen LogP contribution is -1.89. The number of pyridine rings is 1. The Hall–Kier alpha value is -2.83. The number of nitrogens with one attached hydrogen (secondary N) is 1. The average molecular weight is 407 g/mol. The molecule has 0 saturated heterocycles. The summed E-state index contributed by atoms with van der Waals surface area (Å²) in [5.41, 5.74) is 4.94. The van der Waals surface area contributed by atoms with E-state index in [0.717, 1.165) is 38.5 Å². The van der Waals surface area contributed by atoms with Crippen LogP contribution in [-0.4, -0.2) is 20.2 Å². The third kappa shape index (κ3) is 3.15. The van der Waals surface area contributed by atoms with E-state index in [0.29, 0.717) is 22.0 Å². The first-order valence-corrected chi connectivity index (χ1v) is 10.1.